The number of ether oxygens (including phenoxy) is 1. The Hall–Kier alpha value is -2.91. The number of benzene rings is 2. The molecule has 6 rings (SSSR count). The third-order valence-corrected chi connectivity index (χ3v) is 10.9. The molecule has 43 heavy (non-hydrogen) atoms. The standard InChI is InChI=1S/C34H44BrN5O3/c1-22(7-8-24-9-12-26(13-10-24)43-31-6-4-5-29(35)23(31)2)39-17-19-40(20-18-39)25-11-14-27-30(21-25)38(3)37-33(27)28-15-16-32(41)36-34(28)42/h4-6,11,14,21-22,24,26,28H,7-10,12-13,15-20H2,1-3H3,(H,36,41,42)/t22-,24?,26?,28?/m1/s1. The van der Waals surface area contributed by atoms with E-state index in [2.05, 4.69) is 81.3 Å². The zero-order chi connectivity index (χ0) is 30.1. The molecule has 0 radical (unpaired) electrons. The van der Waals surface area contributed by atoms with E-state index in [0.717, 1.165) is 71.8 Å². The topological polar surface area (TPSA) is 79.7 Å². The summed E-state index contributed by atoms with van der Waals surface area (Å²) in [5.41, 5.74) is 4.19. The van der Waals surface area contributed by atoms with Crippen LogP contribution in [0.15, 0.2) is 40.9 Å². The highest BCUT2D eigenvalue weighted by atomic mass is 79.9. The molecule has 1 unspecified atom stereocenters. The minimum Gasteiger partial charge on any atom is -0.490 e. The van der Waals surface area contributed by atoms with Crippen molar-refractivity contribution in [1.82, 2.24) is 20.0 Å². The molecule has 1 aromatic heterocycles. The van der Waals surface area contributed by atoms with Gasteiger partial charge in [0.05, 0.1) is 23.2 Å². The van der Waals surface area contributed by atoms with Gasteiger partial charge in [-0.2, -0.15) is 5.10 Å². The Labute approximate surface area is 263 Å². The third-order valence-electron chi connectivity index (χ3n) is 10.0. The summed E-state index contributed by atoms with van der Waals surface area (Å²) in [5.74, 6) is 1.02. The quantitative estimate of drug-likeness (QED) is 0.298. The molecular weight excluding hydrogens is 606 g/mol. The number of aromatic nitrogens is 2. The first-order valence-corrected chi connectivity index (χ1v) is 16.8. The Morgan fingerprint density at radius 1 is 1.05 bits per heavy atom. The molecule has 3 fully saturated rings. The van der Waals surface area contributed by atoms with E-state index >= 15 is 0 Å². The number of amides is 2. The van der Waals surface area contributed by atoms with E-state index in [9.17, 15) is 9.59 Å². The second-order valence-electron chi connectivity index (χ2n) is 12.8. The first-order chi connectivity index (χ1) is 20.8. The number of hydrogen-bond donors (Lipinski definition) is 1. The largest absolute Gasteiger partial charge is 0.490 e. The van der Waals surface area contributed by atoms with Gasteiger partial charge in [0.1, 0.15) is 5.75 Å². The lowest BCUT2D eigenvalue weighted by atomic mass is 9.83. The van der Waals surface area contributed by atoms with Gasteiger partial charge in [-0.1, -0.05) is 22.0 Å². The van der Waals surface area contributed by atoms with E-state index in [4.69, 9.17) is 9.84 Å². The lowest BCUT2D eigenvalue weighted by molar-refractivity contribution is -0.134. The maximum Gasteiger partial charge on any atom is 0.235 e. The highest BCUT2D eigenvalue weighted by Crippen LogP contribution is 2.35. The number of nitrogens with zero attached hydrogens (tertiary/aromatic N) is 4. The SMILES string of the molecule is Cc1c(Br)cccc1OC1CCC(CC[C@@H](C)N2CCN(c3ccc4c(C5CCC(=O)NC5=O)nn(C)c4c3)CC2)CC1. The van der Waals surface area contributed by atoms with Crippen LogP contribution < -0.4 is 15.0 Å². The van der Waals surface area contributed by atoms with E-state index in [1.165, 1.54) is 36.9 Å². The molecule has 3 aromatic rings. The minimum atomic E-state index is -0.373. The van der Waals surface area contributed by atoms with Crippen LogP contribution in [0.2, 0.25) is 0 Å². The summed E-state index contributed by atoms with van der Waals surface area (Å²) in [4.78, 5) is 29.2. The average Bonchev–Trinajstić information content (AvgIpc) is 3.34. The number of imide groups is 1. The lowest BCUT2D eigenvalue weighted by Gasteiger charge is -2.39. The van der Waals surface area contributed by atoms with Crippen molar-refractivity contribution in [3.05, 3.63) is 52.1 Å². The minimum absolute atomic E-state index is 0.196. The molecular formula is C34H44BrN5O3. The molecule has 0 spiro atoms. The van der Waals surface area contributed by atoms with Crippen molar-refractivity contribution in [2.24, 2.45) is 13.0 Å². The summed E-state index contributed by atoms with van der Waals surface area (Å²) in [7, 11) is 1.93. The van der Waals surface area contributed by atoms with Crippen LogP contribution in [0.3, 0.4) is 0 Å². The van der Waals surface area contributed by atoms with Gasteiger partial charge in [-0.05, 0) is 95.0 Å². The average molecular weight is 651 g/mol. The van der Waals surface area contributed by atoms with Crippen LogP contribution in [0.4, 0.5) is 5.69 Å². The van der Waals surface area contributed by atoms with Crippen molar-refractivity contribution in [2.45, 2.75) is 83.3 Å². The summed E-state index contributed by atoms with van der Waals surface area (Å²) in [6.45, 7) is 8.67. The molecule has 1 saturated carbocycles. The maximum absolute atomic E-state index is 12.5. The van der Waals surface area contributed by atoms with Crippen molar-refractivity contribution in [2.75, 3.05) is 31.1 Å². The van der Waals surface area contributed by atoms with Gasteiger partial charge >= 0.3 is 0 Å². The molecule has 1 aliphatic carbocycles. The predicted molar refractivity (Wildman–Crippen MR) is 174 cm³/mol. The van der Waals surface area contributed by atoms with E-state index in [-0.39, 0.29) is 17.7 Å². The van der Waals surface area contributed by atoms with Crippen LogP contribution in [0.1, 0.15) is 75.5 Å². The fourth-order valence-electron chi connectivity index (χ4n) is 7.20. The molecule has 9 heteroatoms. The molecule has 2 saturated heterocycles. The molecule has 0 bridgehead atoms. The zero-order valence-electron chi connectivity index (χ0n) is 25.7. The molecule has 1 N–H and O–H groups in total. The second-order valence-corrected chi connectivity index (χ2v) is 13.6. The van der Waals surface area contributed by atoms with Gasteiger partial charge in [0, 0.05) is 66.8 Å². The van der Waals surface area contributed by atoms with Crippen LogP contribution in [-0.2, 0) is 16.6 Å². The summed E-state index contributed by atoms with van der Waals surface area (Å²) < 4.78 is 9.36. The fourth-order valence-corrected chi connectivity index (χ4v) is 7.54. The number of carbonyl (C=O) groups excluding carboxylic acids is 2. The van der Waals surface area contributed by atoms with Crippen LogP contribution in [0.5, 0.6) is 5.75 Å². The highest BCUT2D eigenvalue weighted by Gasteiger charge is 2.32. The molecule has 3 aliphatic rings. The van der Waals surface area contributed by atoms with Crippen molar-refractivity contribution >= 4 is 44.3 Å². The van der Waals surface area contributed by atoms with Crippen LogP contribution in [0.25, 0.3) is 10.9 Å². The zero-order valence-corrected chi connectivity index (χ0v) is 27.2. The molecule has 8 nitrogen and oxygen atoms in total. The smallest absolute Gasteiger partial charge is 0.235 e. The number of nitrogens with one attached hydrogen (secondary N) is 1. The summed E-state index contributed by atoms with van der Waals surface area (Å²) in [6, 6.07) is 13.3. The van der Waals surface area contributed by atoms with E-state index in [1.54, 1.807) is 0 Å². The number of piperazine rings is 1. The Morgan fingerprint density at radius 2 is 1.81 bits per heavy atom. The van der Waals surface area contributed by atoms with Crippen molar-refractivity contribution < 1.29 is 14.3 Å². The van der Waals surface area contributed by atoms with Gasteiger partial charge in [0.2, 0.25) is 11.8 Å². The Morgan fingerprint density at radius 3 is 2.56 bits per heavy atom. The predicted octanol–water partition coefficient (Wildman–Crippen LogP) is 6.09. The van der Waals surface area contributed by atoms with E-state index < -0.39 is 0 Å². The molecule has 2 amide bonds. The second kappa shape index (κ2) is 13.0. The van der Waals surface area contributed by atoms with Gasteiger partial charge in [-0.3, -0.25) is 24.5 Å². The number of anilines is 1. The molecule has 2 aliphatic heterocycles. The Bertz CT molecular complexity index is 1470. The number of aryl methyl sites for hydroxylation is 1. The number of halogens is 1. The van der Waals surface area contributed by atoms with E-state index in [1.807, 2.05) is 11.7 Å². The number of fused-ring (bicyclic) bond motifs is 1. The molecule has 2 aromatic carbocycles. The van der Waals surface area contributed by atoms with Gasteiger partial charge < -0.3 is 9.64 Å². The summed E-state index contributed by atoms with van der Waals surface area (Å²) in [6.07, 6.45) is 8.60. The fraction of sp³-hybridized carbons (Fsp3) is 0.559. The van der Waals surface area contributed by atoms with Gasteiger partial charge in [-0.15, -0.1) is 0 Å². The number of rotatable bonds is 8. The number of hydrogen-bond acceptors (Lipinski definition) is 6. The van der Waals surface area contributed by atoms with E-state index in [0.29, 0.717) is 25.0 Å². The molecule has 2 atom stereocenters. The molecule has 230 valence electrons. The van der Waals surface area contributed by atoms with Crippen LogP contribution >= 0.6 is 15.9 Å². The summed E-state index contributed by atoms with van der Waals surface area (Å²) >= 11 is 3.62. The number of carbonyl (C=O) groups is 2. The van der Waals surface area contributed by atoms with Crippen molar-refractivity contribution in [3.8, 4) is 5.75 Å². The van der Waals surface area contributed by atoms with Crippen LogP contribution in [-0.4, -0.2) is 64.8 Å². The monoisotopic (exact) mass is 649 g/mol. The third kappa shape index (κ3) is 6.63. The van der Waals surface area contributed by atoms with Gasteiger partial charge in [0.25, 0.3) is 0 Å². The Balaban J connectivity index is 0.971. The maximum atomic E-state index is 12.5. The van der Waals surface area contributed by atoms with Crippen LogP contribution in [0, 0.1) is 12.8 Å². The van der Waals surface area contributed by atoms with Gasteiger partial charge in [0.15, 0.2) is 0 Å². The normalized spacial score (nSPS) is 24.3. The first kappa shape index (κ1) is 30.1. The van der Waals surface area contributed by atoms with Gasteiger partial charge in [-0.25, -0.2) is 0 Å². The lowest BCUT2D eigenvalue weighted by Crippen LogP contribution is -2.49. The number of piperidine rings is 1. The van der Waals surface area contributed by atoms with Crippen molar-refractivity contribution in [3.63, 3.8) is 0 Å². The Kier molecular flexibility index (Phi) is 9.10. The van der Waals surface area contributed by atoms with Crippen molar-refractivity contribution in [1.29, 1.82) is 0 Å². The first-order valence-electron chi connectivity index (χ1n) is 16.0. The highest BCUT2D eigenvalue weighted by molar-refractivity contribution is 9.10. The summed E-state index contributed by atoms with van der Waals surface area (Å²) in [5, 5.41) is 8.18. The molecule has 3 heterocycles.